The minimum Gasteiger partial charge on any atom is -0.294 e. The van der Waals surface area contributed by atoms with Crippen molar-refractivity contribution in [2.24, 2.45) is 0 Å². The quantitative estimate of drug-likeness (QED) is 0.252. The average Bonchev–Trinajstić information content (AvgIpc) is 2.86. The van der Waals surface area contributed by atoms with Gasteiger partial charge in [-0.15, -0.1) is 0 Å². The van der Waals surface area contributed by atoms with E-state index in [1.54, 1.807) is 0 Å². The maximum absolute atomic E-state index is 4.71. The molecular weight excluding hydrogens is 456 g/mol. The van der Waals surface area contributed by atoms with Crippen LogP contribution in [-0.2, 0) is 0 Å². The molecule has 5 aromatic rings. The van der Waals surface area contributed by atoms with Crippen molar-refractivity contribution in [3.63, 3.8) is 0 Å². The summed E-state index contributed by atoms with van der Waals surface area (Å²) in [4.78, 5) is 6.93. The summed E-state index contributed by atoms with van der Waals surface area (Å²) in [5.41, 5.74) is 6.76. The largest absolute Gasteiger partial charge is 0.294 e. The van der Waals surface area contributed by atoms with Crippen LogP contribution in [0.3, 0.4) is 0 Å². The molecular formula is C29H21BrN2. The van der Waals surface area contributed by atoms with Gasteiger partial charge in [-0.2, -0.15) is 0 Å². The minimum atomic E-state index is 0.869. The van der Waals surface area contributed by atoms with Gasteiger partial charge in [-0.05, 0) is 53.1 Å². The van der Waals surface area contributed by atoms with Crippen molar-refractivity contribution < 1.29 is 0 Å². The first-order valence-corrected chi connectivity index (χ1v) is 11.3. The zero-order valence-corrected chi connectivity index (χ0v) is 19.0. The Morgan fingerprint density at radius 1 is 0.562 bits per heavy atom. The summed E-state index contributed by atoms with van der Waals surface area (Å²) in [7, 11) is 0. The Balaban J connectivity index is 1.73. The second-order valence-corrected chi connectivity index (χ2v) is 8.39. The fourth-order valence-electron chi connectivity index (χ4n) is 3.91. The fraction of sp³-hybridized carbons (Fsp3) is 0. The highest BCUT2D eigenvalue weighted by Gasteiger charge is 2.18. The molecule has 0 aliphatic rings. The number of hydrogen-bond donors (Lipinski definition) is 0. The lowest BCUT2D eigenvalue weighted by Crippen LogP contribution is -2.12. The number of anilines is 3. The van der Waals surface area contributed by atoms with Crippen molar-refractivity contribution in [1.82, 2.24) is 4.98 Å². The molecule has 2 nitrogen and oxygen atoms in total. The Morgan fingerprint density at radius 3 is 1.94 bits per heavy atom. The third-order valence-corrected chi connectivity index (χ3v) is 5.81. The average molecular weight is 477 g/mol. The first-order chi connectivity index (χ1) is 15.8. The monoisotopic (exact) mass is 476 g/mol. The third kappa shape index (κ3) is 4.20. The van der Waals surface area contributed by atoms with Crippen LogP contribution in [0.1, 0.15) is 0 Å². The summed E-state index contributed by atoms with van der Waals surface area (Å²) in [5.74, 6) is 0.869. The molecule has 0 amide bonds. The lowest BCUT2D eigenvalue weighted by atomic mass is 10.0. The molecule has 0 aliphatic carbocycles. The SMILES string of the molecule is Brc1cc(-c2ccccc2)cc(N(c2ccccn2)c2ccccc2-c2ccccc2)c1. The molecule has 0 atom stereocenters. The lowest BCUT2D eigenvalue weighted by molar-refractivity contribution is 1.18. The van der Waals surface area contributed by atoms with E-state index in [4.69, 9.17) is 4.98 Å². The van der Waals surface area contributed by atoms with Crippen molar-refractivity contribution in [1.29, 1.82) is 0 Å². The van der Waals surface area contributed by atoms with Gasteiger partial charge in [-0.25, -0.2) is 4.98 Å². The van der Waals surface area contributed by atoms with Crippen molar-refractivity contribution in [2.45, 2.75) is 0 Å². The predicted molar refractivity (Wildman–Crippen MR) is 137 cm³/mol. The van der Waals surface area contributed by atoms with Crippen molar-refractivity contribution >= 4 is 33.1 Å². The van der Waals surface area contributed by atoms with Gasteiger partial charge in [0.25, 0.3) is 0 Å². The van der Waals surface area contributed by atoms with Crippen molar-refractivity contribution in [2.75, 3.05) is 4.90 Å². The number of halogens is 1. The Kier molecular flexibility index (Phi) is 5.82. The number of pyridine rings is 1. The Morgan fingerprint density at radius 2 is 1.22 bits per heavy atom. The first kappa shape index (κ1) is 20.2. The smallest absolute Gasteiger partial charge is 0.137 e. The number of para-hydroxylation sites is 1. The summed E-state index contributed by atoms with van der Waals surface area (Å²) in [6.07, 6.45) is 1.84. The standard InChI is InChI=1S/C29H21BrN2/c30-25-19-24(22-11-3-1-4-12-22)20-26(21-25)32(29-17-9-10-18-31-29)28-16-8-7-15-27(28)23-13-5-2-6-14-23/h1-21H. The van der Waals surface area contributed by atoms with E-state index in [-0.39, 0.29) is 0 Å². The van der Waals surface area contributed by atoms with Crippen LogP contribution in [0.25, 0.3) is 22.3 Å². The van der Waals surface area contributed by atoms with Gasteiger partial charge < -0.3 is 0 Å². The van der Waals surface area contributed by atoms with Gasteiger partial charge in [0.2, 0.25) is 0 Å². The van der Waals surface area contributed by atoms with E-state index in [2.05, 4.69) is 112 Å². The molecule has 0 bridgehead atoms. The van der Waals surface area contributed by atoms with Crippen LogP contribution in [0.15, 0.2) is 132 Å². The molecule has 1 aromatic heterocycles. The number of rotatable bonds is 5. The highest BCUT2D eigenvalue weighted by molar-refractivity contribution is 9.10. The molecule has 3 heteroatoms. The van der Waals surface area contributed by atoms with Crippen molar-refractivity contribution in [3.8, 4) is 22.3 Å². The summed E-state index contributed by atoms with van der Waals surface area (Å²) in [6, 6.07) is 41.9. The van der Waals surface area contributed by atoms with Crippen LogP contribution in [-0.4, -0.2) is 4.98 Å². The van der Waals surface area contributed by atoms with Crippen LogP contribution >= 0.6 is 15.9 Å². The van der Waals surface area contributed by atoms with E-state index in [9.17, 15) is 0 Å². The highest BCUT2D eigenvalue weighted by Crippen LogP contribution is 2.41. The molecule has 0 radical (unpaired) electrons. The molecule has 4 aromatic carbocycles. The molecule has 154 valence electrons. The highest BCUT2D eigenvalue weighted by atomic mass is 79.9. The lowest BCUT2D eigenvalue weighted by Gasteiger charge is -2.27. The summed E-state index contributed by atoms with van der Waals surface area (Å²) < 4.78 is 1.02. The molecule has 0 N–H and O–H groups in total. The molecule has 5 rings (SSSR count). The summed E-state index contributed by atoms with van der Waals surface area (Å²) in [6.45, 7) is 0. The topological polar surface area (TPSA) is 16.1 Å². The molecule has 0 aliphatic heterocycles. The molecule has 1 heterocycles. The van der Waals surface area contributed by atoms with E-state index in [1.165, 1.54) is 11.1 Å². The van der Waals surface area contributed by atoms with Gasteiger partial charge in [0.1, 0.15) is 5.82 Å². The molecule has 0 saturated heterocycles. The first-order valence-electron chi connectivity index (χ1n) is 10.5. The third-order valence-electron chi connectivity index (χ3n) is 5.36. The van der Waals surface area contributed by atoms with Crippen LogP contribution < -0.4 is 4.90 Å². The van der Waals surface area contributed by atoms with Gasteiger partial charge in [0, 0.05) is 21.9 Å². The van der Waals surface area contributed by atoms with Gasteiger partial charge in [-0.1, -0.05) is 101 Å². The predicted octanol–water partition coefficient (Wildman–Crippen LogP) is 8.65. The Labute approximate surface area is 197 Å². The zero-order valence-electron chi connectivity index (χ0n) is 17.4. The van der Waals surface area contributed by atoms with E-state index < -0.39 is 0 Å². The summed E-state index contributed by atoms with van der Waals surface area (Å²) >= 11 is 3.74. The molecule has 32 heavy (non-hydrogen) atoms. The number of hydrogen-bond acceptors (Lipinski definition) is 2. The number of benzene rings is 4. The molecule has 0 unspecified atom stereocenters. The number of aromatic nitrogens is 1. The molecule has 0 saturated carbocycles. The van der Waals surface area contributed by atoms with Crippen LogP contribution in [0, 0.1) is 0 Å². The van der Waals surface area contributed by atoms with Gasteiger partial charge in [-0.3, -0.25) is 4.90 Å². The summed E-state index contributed by atoms with van der Waals surface area (Å²) in [5, 5.41) is 0. The van der Waals surface area contributed by atoms with E-state index in [0.717, 1.165) is 32.8 Å². The number of nitrogens with zero attached hydrogens (tertiary/aromatic N) is 2. The van der Waals surface area contributed by atoms with E-state index >= 15 is 0 Å². The fourth-order valence-corrected chi connectivity index (χ4v) is 4.39. The maximum Gasteiger partial charge on any atom is 0.137 e. The second kappa shape index (κ2) is 9.21. The van der Waals surface area contributed by atoms with Gasteiger partial charge in [0.05, 0.1) is 5.69 Å². The minimum absolute atomic E-state index is 0.869. The van der Waals surface area contributed by atoms with Gasteiger partial charge >= 0.3 is 0 Å². The second-order valence-electron chi connectivity index (χ2n) is 7.47. The van der Waals surface area contributed by atoms with Gasteiger partial charge in [0.15, 0.2) is 0 Å². The Hall–Kier alpha value is -3.69. The van der Waals surface area contributed by atoms with Crippen LogP contribution in [0.4, 0.5) is 17.2 Å². The van der Waals surface area contributed by atoms with E-state index in [1.807, 2.05) is 36.5 Å². The molecule has 0 fully saturated rings. The maximum atomic E-state index is 4.71. The normalized spacial score (nSPS) is 10.7. The molecule has 0 spiro atoms. The van der Waals surface area contributed by atoms with E-state index in [0.29, 0.717) is 0 Å². The zero-order chi connectivity index (χ0) is 21.8. The Bertz CT molecular complexity index is 1320. The van der Waals surface area contributed by atoms with Crippen LogP contribution in [0.2, 0.25) is 0 Å². The van der Waals surface area contributed by atoms with Crippen molar-refractivity contribution in [3.05, 3.63) is 132 Å². The van der Waals surface area contributed by atoms with Crippen LogP contribution in [0.5, 0.6) is 0 Å².